The van der Waals surface area contributed by atoms with Crippen LogP contribution < -0.4 is 10.9 Å². The molecule has 0 bridgehead atoms. The van der Waals surface area contributed by atoms with Crippen LogP contribution in [0.3, 0.4) is 0 Å². The van der Waals surface area contributed by atoms with Crippen LogP contribution >= 0.6 is 0 Å². The average molecular weight is 405 g/mol. The number of para-hydroxylation sites is 1. The van der Waals surface area contributed by atoms with E-state index in [1.807, 2.05) is 0 Å². The average Bonchev–Trinajstić information content (AvgIpc) is 3.22. The third kappa shape index (κ3) is 3.40. The topological polar surface area (TPSA) is 116 Å². The number of hydrogen-bond acceptors (Lipinski definition) is 6. The van der Waals surface area contributed by atoms with Crippen LogP contribution in [-0.4, -0.2) is 45.2 Å². The lowest BCUT2D eigenvalue weighted by Gasteiger charge is -2.10. The van der Waals surface area contributed by atoms with E-state index in [9.17, 15) is 22.4 Å². The van der Waals surface area contributed by atoms with Crippen molar-refractivity contribution in [3.63, 3.8) is 0 Å². The molecule has 28 heavy (non-hydrogen) atoms. The Labute approximate surface area is 158 Å². The smallest absolute Gasteiger partial charge is 0.264 e. The fourth-order valence-electron chi connectivity index (χ4n) is 3.22. The third-order valence-electron chi connectivity index (χ3n) is 4.60. The van der Waals surface area contributed by atoms with E-state index in [1.54, 1.807) is 6.07 Å². The highest BCUT2D eigenvalue weighted by Crippen LogP contribution is 2.25. The van der Waals surface area contributed by atoms with E-state index in [4.69, 9.17) is 0 Å². The largest absolute Gasteiger partial charge is 0.322 e. The second-order valence-electron chi connectivity index (χ2n) is 6.59. The van der Waals surface area contributed by atoms with E-state index in [2.05, 4.69) is 15.4 Å². The molecule has 1 aliphatic heterocycles. The van der Waals surface area contributed by atoms with Crippen LogP contribution in [0.25, 0.3) is 11.0 Å². The van der Waals surface area contributed by atoms with E-state index in [1.165, 1.54) is 35.4 Å². The van der Waals surface area contributed by atoms with Crippen LogP contribution in [0.1, 0.15) is 12.5 Å². The van der Waals surface area contributed by atoms with E-state index < -0.39 is 27.1 Å². The molecule has 11 heteroatoms. The molecule has 0 saturated carbocycles. The SMILES string of the molecule is O=C(Cn1cnc2c(cnn2[C@H]2CCS(=O)(=O)C2)c1=O)Nc1ccccc1F. The van der Waals surface area contributed by atoms with Gasteiger partial charge in [-0.05, 0) is 18.6 Å². The fourth-order valence-corrected chi connectivity index (χ4v) is 4.91. The maximum absolute atomic E-state index is 13.6. The van der Waals surface area contributed by atoms with Gasteiger partial charge in [-0.15, -0.1) is 0 Å². The molecule has 1 aliphatic rings. The Morgan fingerprint density at radius 3 is 2.82 bits per heavy atom. The maximum Gasteiger partial charge on any atom is 0.264 e. The summed E-state index contributed by atoms with van der Waals surface area (Å²) in [6, 6.07) is 5.34. The summed E-state index contributed by atoms with van der Waals surface area (Å²) >= 11 is 0. The molecular formula is C17H16FN5O4S. The van der Waals surface area contributed by atoms with Gasteiger partial charge in [-0.2, -0.15) is 5.10 Å². The number of hydrogen-bond donors (Lipinski definition) is 1. The van der Waals surface area contributed by atoms with E-state index >= 15 is 0 Å². The minimum absolute atomic E-state index is 0.0184. The number of carbonyl (C=O) groups excluding carboxylic acids is 1. The number of anilines is 1. The summed E-state index contributed by atoms with van der Waals surface area (Å²) < 4.78 is 39.6. The van der Waals surface area contributed by atoms with Crippen LogP contribution in [0.4, 0.5) is 10.1 Å². The summed E-state index contributed by atoms with van der Waals surface area (Å²) in [6.45, 7) is -0.348. The normalized spacial score (nSPS) is 18.4. The zero-order valence-corrected chi connectivity index (χ0v) is 15.4. The van der Waals surface area contributed by atoms with Crippen molar-refractivity contribution in [3.8, 4) is 0 Å². The lowest BCUT2D eigenvalue weighted by atomic mass is 10.3. The first-order valence-electron chi connectivity index (χ1n) is 8.51. The van der Waals surface area contributed by atoms with Crippen molar-refractivity contribution in [3.05, 3.63) is 53.0 Å². The van der Waals surface area contributed by atoms with E-state index in [0.29, 0.717) is 6.42 Å². The number of fused-ring (bicyclic) bond motifs is 1. The highest BCUT2D eigenvalue weighted by Gasteiger charge is 2.31. The van der Waals surface area contributed by atoms with Gasteiger partial charge in [-0.1, -0.05) is 12.1 Å². The van der Waals surface area contributed by atoms with Crippen molar-refractivity contribution in [2.45, 2.75) is 19.0 Å². The lowest BCUT2D eigenvalue weighted by Crippen LogP contribution is -2.28. The molecule has 1 saturated heterocycles. The van der Waals surface area contributed by atoms with Gasteiger partial charge in [0, 0.05) is 0 Å². The van der Waals surface area contributed by atoms with Crippen LogP contribution in [0, 0.1) is 5.82 Å². The second kappa shape index (κ2) is 6.82. The molecule has 1 N–H and O–H groups in total. The molecule has 0 unspecified atom stereocenters. The van der Waals surface area contributed by atoms with Crippen LogP contribution in [0.5, 0.6) is 0 Å². The maximum atomic E-state index is 13.6. The quantitative estimate of drug-likeness (QED) is 0.684. The molecule has 146 valence electrons. The highest BCUT2D eigenvalue weighted by molar-refractivity contribution is 7.91. The monoisotopic (exact) mass is 405 g/mol. The molecule has 0 aliphatic carbocycles. The van der Waals surface area contributed by atoms with Gasteiger partial charge in [0.1, 0.15) is 24.1 Å². The van der Waals surface area contributed by atoms with Crippen LogP contribution in [0.15, 0.2) is 41.6 Å². The van der Waals surface area contributed by atoms with Gasteiger partial charge >= 0.3 is 0 Å². The summed E-state index contributed by atoms with van der Waals surface area (Å²) in [6.07, 6.45) is 2.93. The standard InChI is InChI=1S/C17H16FN5O4S/c18-13-3-1-2-4-14(13)21-15(24)8-22-10-19-16-12(17(22)25)7-20-23(16)11-5-6-28(26,27)9-11/h1-4,7,10-11H,5-6,8-9H2,(H,21,24)/t11-/m0/s1. The summed E-state index contributed by atoms with van der Waals surface area (Å²) in [5.41, 5.74) is -0.191. The van der Waals surface area contributed by atoms with Gasteiger partial charge in [0.15, 0.2) is 15.5 Å². The van der Waals surface area contributed by atoms with Crippen molar-refractivity contribution in [1.29, 1.82) is 0 Å². The molecule has 0 radical (unpaired) electrons. The van der Waals surface area contributed by atoms with E-state index in [0.717, 1.165) is 4.57 Å². The number of aromatic nitrogens is 4. The predicted octanol–water partition coefficient (Wildman–Crippen LogP) is 0.730. The zero-order chi connectivity index (χ0) is 19.9. The Hall–Kier alpha value is -3.08. The van der Waals surface area contributed by atoms with Gasteiger partial charge in [-0.3, -0.25) is 14.2 Å². The Morgan fingerprint density at radius 2 is 2.11 bits per heavy atom. The molecule has 4 rings (SSSR count). The molecule has 0 spiro atoms. The van der Waals surface area contributed by atoms with Crippen molar-refractivity contribution in [2.75, 3.05) is 16.8 Å². The number of nitrogens with zero attached hydrogens (tertiary/aromatic N) is 4. The first kappa shape index (κ1) is 18.3. The summed E-state index contributed by atoms with van der Waals surface area (Å²) in [5, 5.41) is 6.72. The number of amides is 1. The third-order valence-corrected chi connectivity index (χ3v) is 6.35. The van der Waals surface area contributed by atoms with Crippen molar-refractivity contribution >= 4 is 32.5 Å². The Kier molecular flexibility index (Phi) is 4.46. The zero-order valence-electron chi connectivity index (χ0n) is 14.6. The van der Waals surface area contributed by atoms with Crippen LogP contribution in [0.2, 0.25) is 0 Å². The minimum atomic E-state index is -3.11. The summed E-state index contributed by atoms with van der Waals surface area (Å²) in [5.74, 6) is -1.13. The number of sulfone groups is 1. The Bertz CT molecular complexity index is 1230. The summed E-state index contributed by atoms with van der Waals surface area (Å²) in [4.78, 5) is 29.0. The fraction of sp³-hybridized carbons (Fsp3) is 0.294. The predicted molar refractivity (Wildman–Crippen MR) is 99.1 cm³/mol. The molecule has 9 nitrogen and oxygen atoms in total. The van der Waals surface area contributed by atoms with Crippen LogP contribution in [-0.2, 0) is 21.2 Å². The molecule has 1 fully saturated rings. The first-order valence-corrected chi connectivity index (χ1v) is 10.3. The van der Waals surface area contributed by atoms with Gasteiger partial charge < -0.3 is 5.32 Å². The Morgan fingerprint density at radius 1 is 1.32 bits per heavy atom. The number of halogens is 1. The summed E-state index contributed by atoms with van der Waals surface area (Å²) in [7, 11) is -3.11. The molecule has 3 heterocycles. The number of carbonyl (C=O) groups is 1. The highest BCUT2D eigenvalue weighted by atomic mass is 32.2. The van der Waals surface area contributed by atoms with Crippen molar-refractivity contribution in [2.24, 2.45) is 0 Å². The number of nitrogens with one attached hydrogen (secondary N) is 1. The van der Waals surface area contributed by atoms with E-state index in [-0.39, 0.29) is 40.8 Å². The van der Waals surface area contributed by atoms with Crippen molar-refractivity contribution in [1.82, 2.24) is 19.3 Å². The van der Waals surface area contributed by atoms with Gasteiger partial charge in [0.25, 0.3) is 5.56 Å². The van der Waals surface area contributed by atoms with Gasteiger partial charge in [0.2, 0.25) is 5.91 Å². The molecule has 3 aromatic rings. The van der Waals surface area contributed by atoms with Crippen molar-refractivity contribution < 1.29 is 17.6 Å². The van der Waals surface area contributed by atoms with Gasteiger partial charge in [0.05, 0.1) is 29.4 Å². The molecule has 1 atom stereocenters. The van der Waals surface area contributed by atoms with Gasteiger partial charge in [-0.25, -0.2) is 22.5 Å². The Balaban J connectivity index is 1.58. The number of rotatable bonds is 4. The molecule has 2 aromatic heterocycles. The minimum Gasteiger partial charge on any atom is -0.322 e. The lowest BCUT2D eigenvalue weighted by molar-refractivity contribution is -0.116. The second-order valence-corrected chi connectivity index (χ2v) is 8.82. The molecule has 1 aromatic carbocycles. The molecule has 1 amide bonds. The number of benzene rings is 1. The first-order chi connectivity index (χ1) is 13.3. The molecular weight excluding hydrogens is 389 g/mol.